The molecule has 1 aromatic rings. The van der Waals surface area contributed by atoms with Crippen molar-refractivity contribution >= 4 is 17.6 Å². The van der Waals surface area contributed by atoms with Gasteiger partial charge in [-0.05, 0) is 37.8 Å². The number of carbonyl (C=O) groups excluding carboxylic acids is 2. The van der Waals surface area contributed by atoms with Crippen molar-refractivity contribution in [2.45, 2.75) is 44.1 Å². The normalized spacial score (nSPS) is 25.3. The number of piperidine rings is 1. The van der Waals surface area contributed by atoms with Gasteiger partial charge in [0.1, 0.15) is 0 Å². The molecule has 1 saturated carbocycles. The largest absolute Gasteiger partial charge is 0.369 e. The van der Waals surface area contributed by atoms with Crippen molar-refractivity contribution in [3.05, 3.63) is 17.8 Å². The lowest BCUT2D eigenvalue weighted by molar-refractivity contribution is -0.130. The Hall–Kier alpha value is -2.18. The average Bonchev–Trinajstić information content (AvgIpc) is 3.37. The van der Waals surface area contributed by atoms with Crippen LogP contribution < -0.4 is 10.6 Å². The van der Waals surface area contributed by atoms with E-state index in [4.69, 9.17) is 5.73 Å². The molecule has 24 heavy (non-hydrogen) atoms. The Morgan fingerprint density at radius 2 is 1.88 bits per heavy atom. The number of primary amides is 1. The number of aromatic nitrogens is 2. The summed E-state index contributed by atoms with van der Waals surface area (Å²) in [6.07, 6.45) is 4.52. The maximum atomic E-state index is 12.1. The number of amides is 2. The van der Waals surface area contributed by atoms with Crippen LogP contribution in [0.5, 0.6) is 0 Å². The highest BCUT2D eigenvalue weighted by atomic mass is 16.2. The molecule has 2 saturated heterocycles. The number of hydrogen-bond acceptors (Lipinski definition) is 5. The van der Waals surface area contributed by atoms with Gasteiger partial charge in [-0.3, -0.25) is 9.59 Å². The van der Waals surface area contributed by atoms with Crippen molar-refractivity contribution in [2.24, 2.45) is 11.7 Å². The maximum Gasteiger partial charge on any atom is 0.223 e. The molecule has 0 radical (unpaired) electrons. The summed E-state index contributed by atoms with van der Waals surface area (Å²) in [5, 5.41) is 8.72. The van der Waals surface area contributed by atoms with Gasteiger partial charge in [0.05, 0.1) is 11.6 Å². The summed E-state index contributed by atoms with van der Waals surface area (Å²) in [6.45, 7) is 2.19. The molecule has 0 aromatic carbocycles. The molecular weight excluding hydrogens is 306 g/mol. The predicted octanol–water partition coefficient (Wildman–Crippen LogP) is 0.657. The lowest BCUT2D eigenvalue weighted by atomic mass is 10.0. The standard InChI is InChI=1S/C17H23N5O2/c18-17(24)12-9-16(23)22(10-12)13-5-7-21(8-6-13)15-4-3-14(19-20-15)11-1-2-11/h3-4,11-13H,1-2,5-10H2,(H2,18,24). The quantitative estimate of drug-likeness (QED) is 0.876. The first-order chi connectivity index (χ1) is 11.6. The van der Waals surface area contributed by atoms with Gasteiger partial charge < -0.3 is 15.5 Å². The highest BCUT2D eigenvalue weighted by Gasteiger charge is 2.38. The zero-order valence-corrected chi connectivity index (χ0v) is 13.7. The van der Waals surface area contributed by atoms with Crippen LogP contribution in [0.3, 0.4) is 0 Å². The molecule has 2 N–H and O–H groups in total. The minimum atomic E-state index is -0.366. The number of likely N-dealkylation sites (tertiary alicyclic amines) is 1. The van der Waals surface area contributed by atoms with Gasteiger partial charge in [-0.1, -0.05) is 0 Å². The number of nitrogens with two attached hydrogens (primary N) is 1. The van der Waals surface area contributed by atoms with E-state index in [9.17, 15) is 9.59 Å². The second-order valence-electron chi connectivity index (χ2n) is 7.16. The Kier molecular flexibility index (Phi) is 3.86. The van der Waals surface area contributed by atoms with Crippen LogP contribution in [-0.2, 0) is 9.59 Å². The summed E-state index contributed by atoms with van der Waals surface area (Å²) in [5.74, 6) is 0.911. The van der Waals surface area contributed by atoms with Gasteiger partial charge in [0, 0.05) is 38.0 Å². The van der Waals surface area contributed by atoms with Crippen LogP contribution in [0.2, 0.25) is 0 Å². The van der Waals surface area contributed by atoms with Crippen molar-refractivity contribution in [1.82, 2.24) is 15.1 Å². The molecule has 4 rings (SSSR count). The summed E-state index contributed by atoms with van der Waals surface area (Å²) in [6, 6.07) is 4.36. The lowest BCUT2D eigenvalue weighted by Gasteiger charge is -2.37. The Morgan fingerprint density at radius 1 is 1.12 bits per heavy atom. The van der Waals surface area contributed by atoms with E-state index in [-0.39, 0.29) is 30.2 Å². The number of rotatable bonds is 4. The molecule has 0 spiro atoms. The van der Waals surface area contributed by atoms with Crippen molar-refractivity contribution in [1.29, 1.82) is 0 Å². The number of anilines is 1. The molecule has 7 nitrogen and oxygen atoms in total. The third-order valence-electron chi connectivity index (χ3n) is 5.46. The SMILES string of the molecule is NC(=O)C1CC(=O)N(C2CCN(c3ccc(C4CC4)nn3)CC2)C1. The molecular formula is C17H23N5O2. The first-order valence-electron chi connectivity index (χ1n) is 8.79. The fourth-order valence-electron chi connectivity index (χ4n) is 3.78. The van der Waals surface area contributed by atoms with Gasteiger partial charge in [-0.2, -0.15) is 5.10 Å². The van der Waals surface area contributed by atoms with Crippen LogP contribution in [-0.4, -0.2) is 52.6 Å². The van der Waals surface area contributed by atoms with Gasteiger partial charge in [0.15, 0.2) is 5.82 Å². The number of hydrogen-bond donors (Lipinski definition) is 1. The highest BCUT2D eigenvalue weighted by molar-refractivity contribution is 5.88. The molecule has 2 aliphatic heterocycles. The van der Waals surface area contributed by atoms with E-state index in [1.165, 1.54) is 12.8 Å². The topological polar surface area (TPSA) is 92.4 Å². The third-order valence-corrected chi connectivity index (χ3v) is 5.46. The molecule has 1 aliphatic carbocycles. The Balaban J connectivity index is 1.34. The Morgan fingerprint density at radius 3 is 2.42 bits per heavy atom. The van der Waals surface area contributed by atoms with E-state index in [1.807, 2.05) is 4.90 Å². The summed E-state index contributed by atoms with van der Waals surface area (Å²) < 4.78 is 0. The average molecular weight is 329 g/mol. The molecule has 1 aromatic heterocycles. The zero-order chi connectivity index (χ0) is 16.7. The first kappa shape index (κ1) is 15.4. The van der Waals surface area contributed by atoms with Crippen molar-refractivity contribution in [3.8, 4) is 0 Å². The lowest BCUT2D eigenvalue weighted by Crippen LogP contribution is -2.46. The third kappa shape index (κ3) is 2.95. The van der Waals surface area contributed by atoms with Crippen molar-refractivity contribution in [3.63, 3.8) is 0 Å². The fourth-order valence-corrected chi connectivity index (χ4v) is 3.78. The first-order valence-corrected chi connectivity index (χ1v) is 8.79. The van der Waals surface area contributed by atoms with E-state index >= 15 is 0 Å². The summed E-state index contributed by atoms with van der Waals surface area (Å²) in [7, 11) is 0. The van der Waals surface area contributed by atoms with Crippen molar-refractivity contribution < 1.29 is 9.59 Å². The molecule has 7 heteroatoms. The Bertz CT molecular complexity index is 635. The maximum absolute atomic E-state index is 12.1. The van der Waals surface area contributed by atoms with Gasteiger partial charge in [0.25, 0.3) is 0 Å². The Labute approximate surface area is 141 Å². The van der Waals surface area contributed by atoms with Gasteiger partial charge in [-0.15, -0.1) is 5.10 Å². The molecule has 128 valence electrons. The molecule has 3 fully saturated rings. The monoisotopic (exact) mass is 329 g/mol. The van der Waals surface area contributed by atoms with Crippen LogP contribution in [0, 0.1) is 5.92 Å². The minimum Gasteiger partial charge on any atom is -0.369 e. The number of nitrogens with zero attached hydrogens (tertiary/aromatic N) is 4. The van der Waals surface area contributed by atoms with E-state index in [0.717, 1.165) is 37.4 Å². The van der Waals surface area contributed by atoms with Crippen molar-refractivity contribution in [2.75, 3.05) is 24.5 Å². The summed E-state index contributed by atoms with van der Waals surface area (Å²) in [5.41, 5.74) is 6.45. The summed E-state index contributed by atoms with van der Waals surface area (Å²) >= 11 is 0. The fraction of sp³-hybridized carbons (Fsp3) is 0.647. The van der Waals surface area contributed by atoms with Gasteiger partial charge >= 0.3 is 0 Å². The second-order valence-corrected chi connectivity index (χ2v) is 7.16. The molecule has 0 bridgehead atoms. The smallest absolute Gasteiger partial charge is 0.223 e. The van der Waals surface area contributed by atoms with Gasteiger partial charge in [-0.25, -0.2) is 0 Å². The van der Waals surface area contributed by atoms with Crippen LogP contribution in [0.4, 0.5) is 5.82 Å². The predicted molar refractivity (Wildman–Crippen MR) is 88.3 cm³/mol. The molecule has 3 aliphatic rings. The number of carbonyl (C=O) groups is 2. The minimum absolute atomic E-state index is 0.0610. The molecule has 1 unspecified atom stereocenters. The van der Waals surface area contributed by atoms with Crippen LogP contribution in [0.1, 0.15) is 43.7 Å². The van der Waals surface area contributed by atoms with Gasteiger partial charge in [0.2, 0.25) is 11.8 Å². The van der Waals surface area contributed by atoms with E-state index in [1.54, 1.807) is 0 Å². The zero-order valence-electron chi connectivity index (χ0n) is 13.7. The molecule has 2 amide bonds. The van der Waals surface area contributed by atoms with Crippen LogP contribution in [0.15, 0.2) is 12.1 Å². The second kappa shape index (κ2) is 6.03. The van der Waals surface area contributed by atoms with E-state index in [2.05, 4.69) is 27.2 Å². The van der Waals surface area contributed by atoms with Crippen LogP contribution in [0.25, 0.3) is 0 Å². The molecule has 1 atom stereocenters. The van der Waals surface area contributed by atoms with E-state index < -0.39 is 0 Å². The molecule has 3 heterocycles. The summed E-state index contributed by atoms with van der Waals surface area (Å²) in [4.78, 5) is 27.5. The highest BCUT2D eigenvalue weighted by Crippen LogP contribution is 2.38. The van der Waals surface area contributed by atoms with E-state index in [0.29, 0.717) is 12.5 Å². The van der Waals surface area contributed by atoms with Crippen LogP contribution >= 0.6 is 0 Å².